The maximum atomic E-state index is 9.58. The number of thioether (sulfide) groups is 1. The topological polar surface area (TPSA) is 45.4 Å². The molecule has 1 heterocycles. The minimum atomic E-state index is -0.294. The van der Waals surface area contributed by atoms with Gasteiger partial charge in [-0.2, -0.15) is 11.8 Å². The molecule has 0 aliphatic rings. The molecular formula is C16H23NO2S. The van der Waals surface area contributed by atoms with Gasteiger partial charge < -0.3 is 14.8 Å². The van der Waals surface area contributed by atoms with E-state index >= 15 is 0 Å². The molecule has 3 unspecified atom stereocenters. The van der Waals surface area contributed by atoms with Crippen molar-refractivity contribution >= 4 is 22.7 Å². The smallest absolute Gasteiger partial charge is 0.134 e. The van der Waals surface area contributed by atoms with Crippen molar-refractivity contribution in [3.63, 3.8) is 0 Å². The largest absolute Gasteiger partial charge is 0.459 e. The van der Waals surface area contributed by atoms with Crippen LogP contribution >= 0.6 is 11.8 Å². The molecule has 0 saturated carbocycles. The number of benzene rings is 1. The summed E-state index contributed by atoms with van der Waals surface area (Å²) in [6.07, 6.45) is -0.294. The lowest BCUT2D eigenvalue weighted by atomic mass is 10.2. The van der Waals surface area contributed by atoms with Gasteiger partial charge in [-0.25, -0.2) is 0 Å². The molecule has 2 N–H and O–H groups in total. The molecule has 110 valence electrons. The molecule has 0 aliphatic heterocycles. The predicted molar refractivity (Wildman–Crippen MR) is 86.2 cm³/mol. The first-order valence-corrected chi connectivity index (χ1v) is 8.18. The number of aliphatic hydroxyl groups excluding tert-OH is 1. The standard InChI is InChI=1S/C16H23NO2S/c1-4-17-14(10-20-12(3)11(2)18)16-9-13-7-5-6-8-15(13)19-16/h5-9,11-12,14,17-18H,4,10H2,1-3H3. The van der Waals surface area contributed by atoms with E-state index in [1.165, 1.54) is 0 Å². The number of fused-ring (bicyclic) bond motifs is 1. The van der Waals surface area contributed by atoms with Crippen molar-refractivity contribution in [1.29, 1.82) is 0 Å². The zero-order chi connectivity index (χ0) is 14.5. The first-order chi connectivity index (χ1) is 9.61. The van der Waals surface area contributed by atoms with E-state index in [2.05, 4.69) is 31.3 Å². The summed E-state index contributed by atoms with van der Waals surface area (Å²) >= 11 is 1.76. The molecule has 0 amide bonds. The molecular weight excluding hydrogens is 270 g/mol. The summed E-state index contributed by atoms with van der Waals surface area (Å²) in [6, 6.07) is 10.4. The summed E-state index contributed by atoms with van der Waals surface area (Å²) in [5.74, 6) is 1.86. The Kier molecular flexibility index (Phi) is 5.52. The molecule has 1 aromatic heterocycles. The van der Waals surface area contributed by atoms with E-state index in [-0.39, 0.29) is 17.4 Å². The molecule has 2 aromatic rings. The van der Waals surface area contributed by atoms with Crippen LogP contribution in [-0.2, 0) is 0 Å². The Labute approximate surface area is 124 Å². The Morgan fingerprint density at radius 2 is 2.05 bits per heavy atom. The Balaban J connectivity index is 2.11. The summed E-state index contributed by atoms with van der Waals surface area (Å²) in [6.45, 7) is 6.88. The van der Waals surface area contributed by atoms with Crippen molar-refractivity contribution < 1.29 is 9.52 Å². The molecule has 3 atom stereocenters. The highest BCUT2D eigenvalue weighted by atomic mass is 32.2. The normalized spacial score (nSPS) is 16.2. The zero-order valence-electron chi connectivity index (χ0n) is 12.3. The fraction of sp³-hybridized carbons (Fsp3) is 0.500. The lowest BCUT2D eigenvalue weighted by Crippen LogP contribution is -2.25. The van der Waals surface area contributed by atoms with Crippen LogP contribution < -0.4 is 5.32 Å². The van der Waals surface area contributed by atoms with Gasteiger partial charge in [-0.15, -0.1) is 0 Å². The fourth-order valence-corrected chi connectivity index (χ4v) is 3.11. The van der Waals surface area contributed by atoms with Gasteiger partial charge in [0.1, 0.15) is 11.3 Å². The number of aliphatic hydroxyl groups is 1. The minimum absolute atomic E-state index is 0.179. The van der Waals surface area contributed by atoms with Crippen LogP contribution in [0.1, 0.15) is 32.6 Å². The van der Waals surface area contributed by atoms with Gasteiger partial charge in [0.2, 0.25) is 0 Å². The minimum Gasteiger partial charge on any atom is -0.459 e. The van der Waals surface area contributed by atoms with Gasteiger partial charge in [-0.3, -0.25) is 0 Å². The van der Waals surface area contributed by atoms with E-state index in [1.807, 2.05) is 25.1 Å². The van der Waals surface area contributed by atoms with Crippen LogP contribution in [0.4, 0.5) is 0 Å². The van der Waals surface area contributed by atoms with Crippen molar-refractivity contribution in [3.05, 3.63) is 36.1 Å². The Bertz CT molecular complexity index is 505. The number of hydrogen-bond donors (Lipinski definition) is 2. The van der Waals surface area contributed by atoms with Crippen LogP contribution in [0.15, 0.2) is 34.7 Å². The molecule has 0 fully saturated rings. The highest BCUT2D eigenvalue weighted by molar-refractivity contribution is 7.99. The molecule has 1 aromatic carbocycles. The number of furan rings is 1. The van der Waals surface area contributed by atoms with Gasteiger partial charge in [-0.1, -0.05) is 32.0 Å². The molecule has 0 bridgehead atoms. The van der Waals surface area contributed by atoms with Crippen molar-refractivity contribution in [1.82, 2.24) is 5.32 Å². The maximum absolute atomic E-state index is 9.58. The van der Waals surface area contributed by atoms with Crippen LogP contribution in [-0.4, -0.2) is 28.8 Å². The third kappa shape index (κ3) is 3.78. The lowest BCUT2D eigenvalue weighted by Gasteiger charge is -2.19. The van der Waals surface area contributed by atoms with Crippen LogP contribution in [0, 0.1) is 0 Å². The van der Waals surface area contributed by atoms with E-state index < -0.39 is 0 Å². The Morgan fingerprint density at radius 3 is 2.70 bits per heavy atom. The molecule has 3 nitrogen and oxygen atoms in total. The molecule has 0 spiro atoms. The summed E-state index contributed by atoms with van der Waals surface area (Å²) in [5.41, 5.74) is 0.930. The monoisotopic (exact) mass is 293 g/mol. The van der Waals surface area contributed by atoms with Crippen LogP contribution in [0.5, 0.6) is 0 Å². The third-order valence-electron chi connectivity index (χ3n) is 3.44. The van der Waals surface area contributed by atoms with Gasteiger partial charge in [0.15, 0.2) is 0 Å². The number of nitrogens with one attached hydrogen (secondary N) is 1. The van der Waals surface area contributed by atoms with Crippen LogP contribution in [0.25, 0.3) is 11.0 Å². The van der Waals surface area contributed by atoms with Crippen LogP contribution in [0.3, 0.4) is 0 Å². The predicted octanol–water partition coefficient (Wildman–Crippen LogP) is 3.59. The average molecular weight is 293 g/mol. The number of hydrogen-bond acceptors (Lipinski definition) is 4. The Hall–Kier alpha value is -0.970. The van der Waals surface area contributed by atoms with Gasteiger partial charge >= 0.3 is 0 Å². The Morgan fingerprint density at radius 1 is 1.30 bits per heavy atom. The van der Waals surface area contributed by atoms with Crippen molar-refractivity contribution in [2.24, 2.45) is 0 Å². The lowest BCUT2D eigenvalue weighted by molar-refractivity contribution is 0.196. The summed E-state index contributed by atoms with van der Waals surface area (Å²) in [7, 11) is 0. The second-order valence-electron chi connectivity index (χ2n) is 5.08. The van der Waals surface area contributed by atoms with Crippen molar-refractivity contribution in [2.45, 2.75) is 38.2 Å². The second-order valence-corrected chi connectivity index (χ2v) is 6.49. The van der Waals surface area contributed by atoms with E-state index in [9.17, 15) is 5.11 Å². The van der Waals surface area contributed by atoms with Crippen LogP contribution in [0.2, 0.25) is 0 Å². The first kappa shape index (κ1) is 15.4. The summed E-state index contributed by atoms with van der Waals surface area (Å²) < 4.78 is 5.94. The molecule has 0 saturated heterocycles. The van der Waals surface area contributed by atoms with Crippen molar-refractivity contribution in [2.75, 3.05) is 12.3 Å². The molecule has 0 aliphatic carbocycles. The second kappa shape index (κ2) is 7.16. The molecule has 0 radical (unpaired) electrons. The van der Waals surface area contributed by atoms with Crippen molar-refractivity contribution in [3.8, 4) is 0 Å². The number of para-hydroxylation sites is 1. The molecule has 2 rings (SSSR count). The fourth-order valence-electron chi connectivity index (χ4n) is 2.05. The average Bonchev–Trinajstić information content (AvgIpc) is 2.86. The first-order valence-electron chi connectivity index (χ1n) is 7.13. The van der Waals surface area contributed by atoms with Gasteiger partial charge in [0.25, 0.3) is 0 Å². The quantitative estimate of drug-likeness (QED) is 0.819. The van der Waals surface area contributed by atoms with Gasteiger partial charge in [-0.05, 0) is 25.6 Å². The van der Waals surface area contributed by atoms with Gasteiger partial charge in [0.05, 0.1) is 12.1 Å². The molecule has 4 heteroatoms. The summed E-state index contributed by atoms with van der Waals surface area (Å²) in [5, 5.41) is 14.4. The van der Waals surface area contributed by atoms with E-state index in [1.54, 1.807) is 11.8 Å². The zero-order valence-corrected chi connectivity index (χ0v) is 13.1. The third-order valence-corrected chi connectivity index (χ3v) is 4.89. The van der Waals surface area contributed by atoms with Gasteiger partial charge in [0, 0.05) is 16.4 Å². The van der Waals surface area contributed by atoms with E-state index in [0.29, 0.717) is 0 Å². The summed E-state index contributed by atoms with van der Waals surface area (Å²) in [4.78, 5) is 0. The highest BCUT2D eigenvalue weighted by Gasteiger charge is 2.18. The SMILES string of the molecule is CCNC(CSC(C)C(C)O)c1cc2ccccc2o1. The van der Waals surface area contributed by atoms with E-state index in [4.69, 9.17) is 4.42 Å². The molecule has 20 heavy (non-hydrogen) atoms. The number of rotatable bonds is 7. The highest BCUT2D eigenvalue weighted by Crippen LogP contribution is 2.27. The maximum Gasteiger partial charge on any atom is 0.134 e. The van der Waals surface area contributed by atoms with E-state index in [0.717, 1.165) is 29.0 Å².